The average Bonchev–Trinajstić information content (AvgIpc) is 3.44. The summed E-state index contributed by atoms with van der Waals surface area (Å²) in [7, 11) is 0. The maximum Gasteiger partial charge on any atom is 0.307 e. The van der Waals surface area contributed by atoms with Crippen LogP contribution in [0.4, 0.5) is 5.82 Å². The molecule has 3 heterocycles. The van der Waals surface area contributed by atoms with Crippen LogP contribution in [0.25, 0.3) is 10.9 Å². The predicted octanol–water partition coefficient (Wildman–Crippen LogP) is 5.44. The molecule has 9 heteroatoms. The zero-order chi connectivity index (χ0) is 30.7. The van der Waals surface area contributed by atoms with Crippen LogP contribution in [0, 0.1) is 0 Å². The number of amides is 2. The summed E-state index contributed by atoms with van der Waals surface area (Å²) in [6.07, 6.45) is 7.29. The second-order valence-electron chi connectivity index (χ2n) is 9.72. The number of aryl methyl sites for hydroxylation is 3. The Kier molecular flexibility index (Phi) is 15.8. The van der Waals surface area contributed by atoms with Gasteiger partial charge in [-0.25, -0.2) is 4.98 Å². The molecule has 0 aliphatic carbocycles. The van der Waals surface area contributed by atoms with E-state index in [2.05, 4.69) is 64.1 Å². The predicted molar refractivity (Wildman–Crippen MR) is 170 cm³/mol. The molecule has 1 aromatic carbocycles. The Morgan fingerprint density at radius 1 is 1.05 bits per heavy atom. The second-order valence-corrected chi connectivity index (χ2v) is 9.72. The number of aromatic amines is 1. The first-order valence-electron chi connectivity index (χ1n) is 15.4. The van der Waals surface area contributed by atoms with Gasteiger partial charge in [0.25, 0.3) is 0 Å². The maximum atomic E-state index is 12.4. The van der Waals surface area contributed by atoms with Crippen molar-refractivity contribution in [3.63, 3.8) is 0 Å². The molecule has 42 heavy (non-hydrogen) atoms. The number of ether oxygens (including phenoxy) is 1. The van der Waals surface area contributed by atoms with Gasteiger partial charge in [-0.15, -0.1) is 0 Å². The normalized spacial score (nSPS) is 11.5. The molecule has 1 aliphatic rings. The van der Waals surface area contributed by atoms with E-state index in [1.54, 1.807) is 6.92 Å². The van der Waals surface area contributed by atoms with E-state index < -0.39 is 0 Å². The lowest BCUT2D eigenvalue weighted by Crippen LogP contribution is -2.41. The van der Waals surface area contributed by atoms with Crippen molar-refractivity contribution in [2.24, 2.45) is 0 Å². The molecular weight excluding hydrogens is 530 g/mol. The Balaban J connectivity index is 0.000000390. The molecule has 2 amide bonds. The number of likely N-dealkylation sites (N-methyl/N-ethyl adjacent to an activating group) is 1. The van der Waals surface area contributed by atoms with E-state index in [0.717, 1.165) is 43.7 Å². The van der Waals surface area contributed by atoms with Crippen molar-refractivity contribution >= 4 is 34.5 Å². The van der Waals surface area contributed by atoms with E-state index in [4.69, 9.17) is 4.74 Å². The Morgan fingerprint density at radius 2 is 1.83 bits per heavy atom. The Morgan fingerprint density at radius 3 is 2.57 bits per heavy atom. The number of rotatable bonds is 12. The molecule has 0 bridgehead atoms. The topological polar surface area (TPSA) is 116 Å². The molecule has 230 valence electrons. The molecule has 2 aromatic heterocycles. The first-order chi connectivity index (χ1) is 20.4. The Bertz CT molecular complexity index is 1260. The van der Waals surface area contributed by atoms with Crippen molar-refractivity contribution in [3.8, 4) is 0 Å². The molecule has 0 fully saturated rings. The molecule has 3 aromatic rings. The molecule has 3 N–H and O–H groups in total. The lowest BCUT2D eigenvalue weighted by Gasteiger charge is -2.20. The van der Waals surface area contributed by atoms with E-state index in [1.165, 1.54) is 26.9 Å². The summed E-state index contributed by atoms with van der Waals surface area (Å²) in [5.41, 5.74) is 4.87. The van der Waals surface area contributed by atoms with E-state index in [1.807, 2.05) is 26.8 Å². The van der Waals surface area contributed by atoms with Gasteiger partial charge in [0.2, 0.25) is 11.8 Å². The third kappa shape index (κ3) is 11.2. The smallest absolute Gasteiger partial charge is 0.307 e. The molecule has 0 atom stereocenters. The van der Waals surface area contributed by atoms with Gasteiger partial charge in [-0.1, -0.05) is 45.0 Å². The first-order valence-corrected chi connectivity index (χ1v) is 15.4. The van der Waals surface area contributed by atoms with Gasteiger partial charge in [-0.05, 0) is 69.2 Å². The largest absolute Gasteiger partial charge is 0.466 e. The van der Waals surface area contributed by atoms with Crippen molar-refractivity contribution in [2.75, 3.05) is 38.1 Å². The highest BCUT2D eigenvalue weighted by Crippen LogP contribution is 2.20. The van der Waals surface area contributed by atoms with Crippen molar-refractivity contribution in [1.82, 2.24) is 20.2 Å². The fourth-order valence-corrected chi connectivity index (χ4v) is 4.65. The number of carbonyl (C=O) groups excluding carboxylic acids is 3. The number of esters is 1. The van der Waals surface area contributed by atoms with Crippen LogP contribution in [-0.4, -0.2) is 65.4 Å². The highest BCUT2D eigenvalue weighted by Gasteiger charge is 2.16. The standard InChI is InChI=1S/C21H32N4O4.C10H11N.C2H6/c1-3-25(15-18(26)22-14-12-20(28)29-4-2)19(27)9-5-8-17-11-10-16-7-6-13-23-21(16)24-17;1-2-8-7-11-10-6-4-3-5-9(8)10;1-2/h10-11H,3-9,12-15H2,1-2H3,(H,22,26)(H,23,24);3-7,11H,2H2,1H3;1-2H3. The second kappa shape index (κ2) is 19.3. The van der Waals surface area contributed by atoms with E-state index >= 15 is 0 Å². The minimum absolute atomic E-state index is 0.000820. The van der Waals surface area contributed by atoms with Crippen LogP contribution in [0.15, 0.2) is 42.6 Å². The minimum atomic E-state index is -0.345. The van der Waals surface area contributed by atoms with Gasteiger partial charge >= 0.3 is 5.97 Å². The van der Waals surface area contributed by atoms with Crippen LogP contribution in [0.1, 0.15) is 77.1 Å². The molecule has 0 saturated heterocycles. The summed E-state index contributed by atoms with van der Waals surface area (Å²) in [5, 5.41) is 7.33. The number of pyridine rings is 1. The van der Waals surface area contributed by atoms with Gasteiger partial charge in [-0.3, -0.25) is 14.4 Å². The van der Waals surface area contributed by atoms with Crippen molar-refractivity contribution in [1.29, 1.82) is 0 Å². The number of aromatic nitrogens is 2. The monoisotopic (exact) mass is 579 g/mol. The Labute approximate surface area is 250 Å². The number of hydrogen-bond donors (Lipinski definition) is 3. The van der Waals surface area contributed by atoms with Crippen LogP contribution in [-0.2, 0) is 38.4 Å². The van der Waals surface area contributed by atoms with Crippen molar-refractivity contribution in [3.05, 3.63) is 59.4 Å². The SMILES string of the molecule is CC.CCOC(=O)CCNC(=O)CN(CC)C(=O)CCCc1ccc2c(n1)NCCC2.CCc1c[nH]c2ccccc12. The summed E-state index contributed by atoms with van der Waals surface area (Å²) in [6.45, 7) is 11.7. The van der Waals surface area contributed by atoms with Gasteiger partial charge in [0.05, 0.1) is 19.6 Å². The van der Waals surface area contributed by atoms with E-state index in [0.29, 0.717) is 26.0 Å². The number of H-pyrrole nitrogens is 1. The quantitative estimate of drug-likeness (QED) is 0.246. The number of para-hydroxylation sites is 1. The lowest BCUT2D eigenvalue weighted by atomic mass is 10.1. The maximum absolute atomic E-state index is 12.4. The number of hydrogen-bond acceptors (Lipinski definition) is 6. The molecule has 4 rings (SSSR count). The average molecular weight is 580 g/mol. The molecular formula is C33H49N5O4. The number of benzene rings is 1. The highest BCUT2D eigenvalue weighted by molar-refractivity contribution is 5.85. The zero-order valence-electron chi connectivity index (χ0n) is 26.1. The van der Waals surface area contributed by atoms with Gasteiger partial charge in [0.15, 0.2) is 0 Å². The summed E-state index contributed by atoms with van der Waals surface area (Å²) in [4.78, 5) is 45.1. The third-order valence-corrected chi connectivity index (χ3v) is 6.86. The minimum Gasteiger partial charge on any atom is -0.466 e. The summed E-state index contributed by atoms with van der Waals surface area (Å²) < 4.78 is 4.81. The fourth-order valence-electron chi connectivity index (χ4n) is 4.65. The first kappa shape index (κ1) is 34.3. The summed E-state index contributed by atoms with van der Waals surface area (Å²) >= 11 is 0. The molecule has 0 saturated carbocycles. The van der Waals surface area contributed by atoms with Crippen LogP contribution in [0.2, 0.25) is 0 Å². The third-order valence-electron chi connectivity index (χ3n) is 6.86. The van der Waals surface area contributed by atoms with Gasteiger partial charge in [0, 0.05) is 48.8 Å². The van der Waals surface area contributed by atoms with E-state index in [9.17, 15) is 14.4 Å². The summed E-state index contributed by atoms with van der Waals surface area (Å²) in [5.74, 6) is 0.299. The number of anilines is 1. The molecule has 0 radical (unpaired) electrons. The molecule has 9 nitrogen and oxygen atoms in total. The molecule has 1 aliphatic heterocycles. The van der Waals surface area contributed by atoms with E-state index in [-0.39, 0.29) is 37.3 Å². The van der Waals surface area contributed by atoms with Gasteiger partial charge in [-0.2, -0.15) is 0 Å². The lowest BCUT2D eigenvalue weighted by molar-refractivity contribution is -0.143. The van der Waals surface area contributed by atoms with Crippen LogP contribution in [0.5, 0.6) is 0 Å². The number of nitrogens with zero attached hydrogens (tertiary/aromatic N) is 2. The number of fused-ring (bicyclic) bond motifs is 2. The highest BCUT2D eigenvalue weighted by atomic mass is 16.5. The number of nitrogens with one attached hydrogen (secondary N) is 3. The van der Waals surface area contributed by atoms with Crippen molar-refractivity contribution < 1.29 is 19.1 Å². The van der Waals surface area contributed by atoms with Crippen molar-refractivity contribution in [2.45, 2.75) is 79.6 Å². The number of carbonyl (C=O) groups is 3. The summed E-state index contributed by atoms with van der Waals surface area (Å²) in [6, 6.07) is 12.5. The van der Waals surface area contributed by atoms with Crippen LogP contribution >= 0.6 is 0 Å². The van der Waals surface area contributed by atoms with Gasteiger partial charge in [0.1, 0.15) is 5.82 Å². The fraction of sp³-hybridized carbons (Fsp3) is 0.515. The van der Waals surface area contributed by atoms with Crippen LogP contribution < -0.4 is 10.6 Å². The zero-order valence-corrected chi connectivity index (χ0v) is 26.1. The van der Waals surface area contributed by atoms with Crippen LogP contribution in [0.3, 0.4) is 0 Å². The Hall–Kier alpha value is -3.88. The molecule has 0 unspecified atom stereocenters. The van der Waals surface area contributed by atoms with Gasteiger partial charge < -0.3 is 25.3 Å². The molecule has 0 spiro atoms.